The summed E-state index contributed by atoms with van der Waals surface area (Å²) in [5.74, 6) is 0.373. The van der Waals surface area contributed by atoms with Gasteiger partial charge in [0.05, 0.1) is 10.4 Å². The Morgan fingerprint density at radius 1 is 1.52 bits per heavy atom. The molecule has 2 amide bonds. The summed E-state index contributed by atoms with van der Waals surface area (Å²) in [5, 5.41) is 5.66. The molecule has 3 heterocycles. The fourth-order valence-electron chi connectivity index (χ4n) is 2.42. The van der Waals surface area contributed by atoms with Gasteiger partial charge in [-0.1, -0.05) is 6.07 Å². The van der Waals surface area contributed by atoms with Gasteiger partial charge in [0, 0.05) is 31.1 Å². The number of nitrogens with one attached hydrogen (secondary N) is 2. The van der Waals surface area contributed by atoms with Crippen molar-refractivity contribution >= 4 is 29.2 Å². The summed E-state index contributed by atoms with van der Waals surface area (Å²) in [4.78, 5) is 28.5. The lowest BCUT2D eigenvalue weighted by Gasteiger charge is -2.32. The van der Waals surface area contributed by atoms with Crippen LogP contribution < -0.4 is 10.6 Å². The molecule has 0 saturated carbocycles. The van der Waals surface area contributed by atoms with E-state index in [0.717, 1.165) is 11.3 Å². The summed E-state index contributed by atoms with van der Waals surface area (Å²) in [6, 6.07) is 5.38. The van der Waals surface area contributed by atoms with Crippen molar-refractivity contribution in [1.29, 1.82) is 0 Å². The Labute approximate surface area is 139 Å². The molecule has 0 spiro atoms. The van der Waals surface area contributed by atoms with Gasteiger partial charge in [0.1, 0.15) is 11.7 Å². The Kier molecular flexibility index (Phi) is 4.30. The van der Waals surface area contributed by atoms with Gasteiger partial charge in [-0.3, -0.25) is 9.59 Å². The Morgan fingerprint density at radius 2 is 2.35 bits per heavy atom. The highest BCUT2D eigenvalue weighted by atomic mass is 32.2. The minimum absolute atomic E-state index is 0.0887. The van der Waals surface area contributed by atoms with Gasteiger partial charge in [0.25, 0.3) is 0 Å². The Hall–Kier alpha value is -2.02. The standard InChI is InChI=1S/C16H20N4O2S/c1-16(2)15(22)19-12(10-23-16)14(21)17-7-6-11-9-20-8-4-3-5-13(20)18-11/h3-5,8-9,12H,6-7,10H2,1-2H3,(H,17,21)(H,19,22). The molecule has 0 aromatic carbocycles. The zero-order valence-corrected chi connectivity index (χ0v) is 14.0. The summed E-state index contributed by atoms with van der Waals surface area (Å²) in [6.07, 6.45) is 4.57. The maximum Gasteiger partial charge on any atom is 0.243 e. The summed E-state index contributed by atoms with van der Waals surface area (Å²) in [5.41, 5.74) is 1.83. The van der Waals surface area contributed by atoms with Crippen LogP contribution in [-0.4, -0.2) is 44.3 Å². The van der Waals surface area contributed by atoms with Crippen molar-refractivity contribution < 1.29 is 9.59 Å². The van der Waals surface area contributed by atoms with Gasteiger partial charge in [0.2, 0.25) is 11.8 Å². The van der Waals surface area contributed by atoms with Crippen molar-refractivity contribution in [3.8, 4) is 0 Å². The van der Waals surface area contributed by atoms with Gasteiger partial charge in [-0.2, -0.15) is 0 Å². The van der Waals surface area contributed by atoms with E-state index in [2.05, 4.69) is 15.6 Å². The number of carbonyl (C=O) groups excluding carboxylic acids is 2. The fraction of sp³-hybridized carbons (Fsp3) is 0.438. The highest BCUT2D eigenvalue weighted by Gasteiger charge is 2.37. The van der Waals surface area contributed by atoms with Crippen molar-refractivity contribution in [3.63, 3.8) is 0 Å². The molecular formula is C16H20N4O2S. The number of hydrogen-bond donors (Lipinski definition) is 2. The summed E-state index contributed by atoms with van der Waals surface area (Å²) >= 11 is 1.51. The highest BCUT2D eigenvalue weighted by molar-refractivity contribution is 8.01. The van der Waals surface area contributed by atoms with E-state index in [1.807, 2.05) is 48.8 Å². The van der Waals surface area contributed by atoms with Gasteiger partial charge >= 0.3 is 0 Å². The van der Waals surface area contributed by atoms with E-state index in [0.29, 0.717) is 18.7 Å². The van der Waals surface area contributed by atoms with Crippen LogP contribution in [0.2, 0.25) is 0 Å². The van der Waals surface area contributed by atoms with Crippen LogP contribution in [0.15, 0.2) is 30.6 Å². The Balaban J connectivity index is 1.50. The van der Waals surface area contributed by atoms with E-state index in [1.54, 1.807) is 0 Å². The van der Waals surface area contributed by atoms with Gasteiger partial charge in [-0.25, -0.2) is 4.98 Å². The van der Waals surface area contributed by atoms with Crippen LogP contribution in [0, 0.1) is 0 Å². The van der Waals surface area contributed by atoms with Crippen molar-refractivity contribution in [1.82, 2.24) is 20.0 Å². The minimum Gasteiger partial charge on any atom is -0.354 e. The molecule has 3 rings (SSSR count). The molecule has 2 aromatic heterocycles. The quantitative estimate of drug-likeness (QED) is 0.876. The van der Waals surface area contributed by atoms with Crippen LogP contribution in [0.5, 0.6) is 0 Å². The number of pyridine rings is 1. The third-order valence-electron chi connectivity index (χ3n) is 3.87. The number of rotatable bonds is 4. The van der Waals surface area contributed by atoms with E-state index in [-0.39, 0.29) is 11.8 Å². The second kappa shape index (κ2) is 6.23. The number of nitrogens with zero attached hydrogens (tertiary/aromatic N) is 2. The molecular weight excluding hydrogens is 312 g/mol. The van der Waals surface area contributed by atoms with Gasteiger partial charge < -0.3 is 15.0 Å². The van der Waals surface area contributed by atoms with E-state index < -0.39 is 10.8 Å². The molecule has 1 fully saturated rings. The highest BCUT2D eigenvalue weighted by Crippen LogP contribution is 2.28. The molecule has 1 saturated heterocycles. The molecule has 1 aliphatic heterocycles. The number of imidazole rings is 1. The van der Waals surface area contributed by atoms with Crippen molar-refractivity contribution in [2.45, 2.75) is 31.1 Å². The van der Waals surface area contributed by atoms with Crippen LogP contribution in [0.25, 0.3) is 5.65 Å². The lowest BCUT2D eigenvalue weighted by molar-refractivity contribution is -0.129. The van der Waals surface area contributed by atoms with Crippen molar-refractivity contribution in [2.24, 2.45) is 0 Å². The number of hydrogen-bond acceptors (Lipinski definition) is 4. The molecule has 122 valence electrons. The molecule has 7 heteroatoms. The summed E-state index contributed by atoms with van der Waals surface area (Å²) in [7, 11) is 0. The number of amides is 2. The predicted octanol–water partition coefficient (Wildman–Crippen LogP) is 1.00. The lowest BCUT2D eigenvalue weighted by Crippen LogP contribution is -2.57. The Morgan fingerprint density at radius 3 is 3.09 bits per heavy atom. The largest absolute Gasteiger partial charge is 0.354 e. The zero-order chi connectivity index (χ0) is 16.4. The van der Waals surface area contributed by atoms with Crippen LogP contribution in [0.3, 0.4) is 0 Å². The summed E-state index contributed by atoms with van der Waals surface area (Å²) < 4.78 is 1.49. The van der Waals surface area contributed by atoms with Crippen LogP contribution in [0.1, 0.15) is 19.5 Å². The number of fused-ring (bicyclic) bond motifs is 1. The fourth-order valence-corrected chi connectivity index (χ4v) is 3.42. The van der Waals surface area contributed by atoms with Crippen molar-refractivity contribution in [2.75, 3.05) is 12.3 Å². The first-order valence-corrected chi connectivity index (χ1v) is 8.59. The molecule has 1 atom stereocenters. The first-order chi connectivity index (χ1) is 11.0. The molecule has 2 N–H and O–H groups in total. The first-order valence-electron chi connectivity index (χ1n) is 7.61. The second-order valence-electron chi connectivity index (χ2n) is 6.09. The first kappa shape index (κ1) is 15.9. The van der Waals surface area contributed by atoms with E-state index in [1.165, 1.54) is 11.8 Å². The molecule has 0 bridgehead atoms. The van der Waals surface area contributed by atoms with Crippen molar-refractivity contribution in [3.05, 3.63) is 36.3 Å². The molecule has 0 aliphatic carbocycles. The lowest BCUT2D eigenvalue weighted by atomic mass is 10.1. The number of aromatic nitrogens is 2. The van der Waals surface area contributed by atoms with E-state index in [9.17, 15) is 9.59 Å². The van der Waals surface area contributed by atoms with Gasteiger partial charge in [-0.15, -0.1) is 11.8 Å². The topological polar surface area (TPSA) is 75.5 Å². The maximum absolute atomic E-state index is 12.2. The van der Waals surface area contributed by atoms with Crippen LogP contribution in [-0.2, 0) is 16.0 Å². The number of carbonyl (C=O) groups is 2. The predicted molar refractivity (Wildman–Crippen MR) is 90.4 cm³/mol. The molecule has 23 heavy (non-hydrogen) atoms. The van der Waals surface area contributed by atoms with Crippen LogP contribution >= 0.6 is 11.8 Å². The van der Waals surface area contributed by atoms with E-state index >= 15 is 0 Å². The van der Waals surface area contributed by atoms with Gasteiger partial charge in [0.15, 0.2) is 0 Å². The normalized spacial score (nSPS) is 20.3. The number of thioether (sulfide) groups is 1. The monoisotopic (exact) mass is 332 g/mol. The van der Waals surface area contributed by atoms with Crippen LogP contribution in [0.4, 0.5) is 0 Å². The summed E-state index contributed by atoms with van der Waals surface area (Å²) in [6.45, 7) is 4.23. The zero-order valence-electron chi connectivity index (χ0n) is 13.2. The second-order valence-corrected chi connectivity index (χ2v) is 7.73. The smallest absolute Gasteiger partial charge is 0.243 e. The molecule has 6 nitrogen and oxygen atoms in total. The minimum atomic E-state index is -0.465. The SMILES string of the molecule is CC1(C)SCC(C(=O)NCCc2cn3ccccc3n2)NC1=O. The molecule has 1 unspecified atom stereocenters. The average molecular weight is 332 g/mol. The molecule has 1 aliphatic rings. The third kappa shape index (κ3) is 3.50. The Bertz CT molecular complexity index is 708. The average Bonchev–Trinajstić information content (AvgIpc) is 2.92. The van der Waals surface area contributed by atoms with Gasteiger partial charge in [-0.05, 0) is 26.0 Å². The molecule has 2 aromatic rings. The third-order valence-corrected chi connectivity index (χ3v) is 5.28. The molecule has 0 radical (unpaired) electrons. The maximum atomic E-state index is 12.2. The van der Waals surface area contributed by atoms with E-state index in [4.69, 9.17) is 0 Å².